The lowest BCUT2D eigenvalue weighted by Crippen LogP contribution is -2.29. The molecule has 40 heavy (non-hydrogen) atoms. The molecule has 3 rings (SSSR count). The number of pyridine rings is 1. The number of carboxylic acid groups (broad SMARTS) is 2. The normalized spacial score (nSPS) is 11.6. The number of H-pyrrole nitrogens is 1. The smallest absolute Gasteiger partial charge is 0.475 e. The van der Waals surface area contributed by atoms with Crippen molar-refractivity contribution in [2.24, 2.45) is 11.5 Å². The molecule has 12 nitrogen and oxygen atoms in total. The first kappa shape index (κ1) is 33.8. The highest BCUT2D eigenvalue weighted by molar-refractivity contribution is 7.89. The number of halogens is 6. The number of rotatable bonds is 7. The molecule has 0 aliphatic heterocycles. The number of aromatic amines is 1. The van der Waals surface area contributed by atoms with Crippen LogP contribution in [0.5, 0.6) is 0 Å². The van der Waals surface area contributed by atoms with Crippen LogP contribution in [0.15, 0.2) is 47.5 Å². The van der Waals surface area contributed by atoms with Gasteiger partial charge < -0.3 is 26.7 Å². The summed E-state index contributed by atoms with van der Waals surface area (Å²) in [5, 5.41) is 15.1. The number of carboxylic acids is 2. The number of fused-ring (bicyclic) bond motifs is 1. The molecule has 0 aliphatic carbocycles. The molecule has 0 saturated carbocycles. The zero-order valence-corrected chi connectivity index (χ0v) is 20.7. The maximum atomic E-state index is 12.1. The molecule has 0 saturated heterocycles. The molecule has 0 bridgehead atoms. The van der Waals surface area contributed by atoms with Crippen molar-refractivity contribution >= 4 is 38.9 Å². The fraction of sp³-hybridized carbons (Fsp3) is 0.238. The number of aromatic nitrogens is 2. The van der Waals surface area contributed by atoms with Crippen LogP contribution in [-0.4, -0.2) is 71.9 Å². The molecule has 220 valence electrons. The van der Waals surface area contributed by atoms with Gasteiger partial charge in [0.15, 0.2) is 0 Å². The van der Waals surface area contributed by atoms with E-state index in [2.05, 4.69) is 14.7 Å². The van der Waals surface area contributed by atoms with E-state index < -0.39 is 40.2 Å². The van der Waals surface area contributed by atoms with Gasteiger partial charge in [0.05, 0.1) is 11.3 Å². The second-order valence-electron chi connectivity index (χ2n) is 7.38. The summed E-state index contributed by atoms with van der Waals surface area (Å²) in [5.41, 5.74) is 13.6. The number of sulfonamides is 1. The van der Waals surface area contributed by atoms with Gasteiger partial charge in [-0.1, -0.05) is 12.1 Å². The van der Waals surface area contributed by atoms with Crippen molar-refractivity contribution in [1.29, 1.82) is 0 Å². The van der Waals surface area contributed by atoms with Crippen molar-refractivity contribution in [2.45, 2.75) is 23.7 Å². The summed E-state index contributed by atoms with van der Waals surface area (Å²) in [6.45, 7) is 0.411. The van der Waals surface area contributed by atoms with E-state index in [9.17, 15) is 39.6 Å². The van der Waals surface area contributed by atoms with Crippen LogP contribution >= 0.6 is 0 Å². The summed E-state index contributed by atoms with van der Waals surface area (Å²) >= 11 is 0. The maximum absolute atomic E-state index is 12.1. The highest BCUT2D eigenvalue weighted by Gasteiger charge is 2.38. The number of primary amides is 1. The number of carbonyl (C=O) groups excluding carboxylic acids is 1. The SMILES string of the molecule is NCCNS(=O)(=O)c1ccc(-c2ccnc3[nH]c(CC(N)=O)cc23)cc1.O=C(O)C(F)(F)F.O=C(O)C(F)(F)F. The number of nitrogens with two attached hydrogens (primary N) is 2. The van der Waals surface area contributed by atoms with Crippen molar-refractivity contribution in [3.8, 4) is 11.1 Å². The van der Waals surface area contributed by atoms with E-state index in [-0.39, 0.29) is 24.4 Å². The number of aliphatic carboxylic acids is 2. The molecule has 1 amide bonds. The minimum Gasteiger partial charge on any atom is -0.475 e. The molecule has 0 aliphatic rings. The quantitative estimate of drug-likeness (QED) is 0.217. The van der Waals surface area contributed by atoms with Crippen LogP contribution in [0.25, 0.3) is 22.2 Å². The van der Waals surface area contributed by atoms with Crippen LogP contribution in [0.4, 0.5) is 26.3 Å². The number of nitrogens with one attached hydrogen (secondary N) is 2. The lowest BCUT2D eigenvalue weighted by atomic mass is 10.0. The Bertz CT molecular complexity index is 1410. The van der Waals surface area contributed by atoms with E-state index in [1.54, 1.807) is 18.3 Å². The average molecular weight is 601 g/mol. The number of nitrogens with zero attached hydrogens (tertiary/aromatic N) is 1. The molecule has 0 radical (unpaired) electrons. The fourth-order valence-electron chi connectivity index (χ4n) is 2.71. The van der Waals surface area contributed by atoms with Crippen molar-refractivity contribution in [1.82, 2.24) is 14.7 Å². The third-order valence-corrected chi connectivity index (χ3v) is 5.83. The van der Waals surface area contributed by atoms with Gasteiger partial charge in [0, 0.05) is 30.4 Å². The zero-order valence-electron chi connectivity index (χ0n) is 19.9. The van der Waals surface area contributed by atoms with Gasteiger partial charge in [0.1, 0.15) is 5.65 Å². The van der Waals surface area contributed by atoms with Crippen LogP contribution in [0.2, 0.25) is 0 Å². The van der Waals surface area contributed by atoms with E-state index in [0.717, 1.165) is 16.5 Å². The summed E-state index contributed by atoms with van der Waals surface area (Å²) in [4.78, 5) is 36.4. The van der Waals surface area contributed by atoms with E-state index in [0.29, 0.717) is 11.3 Å². The second kappa shape index (κ2) is 13.7. The lowest BCUT2D eigenvalue weighted by molar-refractivity contribution is -0.193. The predicted octanol–water partition coefficient (Wildman–Crippen LogP) is 1.76. The summed E-state index contributed by atoms with van der Waals surface area (Å²) in [5.74, 6) is -5.95. The first-order valence-electron chi connectivity index (χ1n) is 10.4. The number of hydrogen-bond acceptors (Lipinski definition) is 7. The summed E-state index contributed by atoms with van der Waals surface area (Å²) in [6.07, 6.45) is -8.42. The van der Waals surface area contributed by atoms with Crippen LogP contribution in [0.1, 0.15) is 5.69 Å². The van der Waals surface area contributed by atoms with Gasteiger partial charge in [-0.25, -0.2) is 27.7 Å². The Hall–Kier alpha value is -4.23. The van der Waals surface area contributed by atoms with Gasteiger partial charge in [0.2, 0.25) is 15.9 Å². The van der Waals surface area contributed by atoms with Gasteiger partial charge in [-0.2, -0.15) is 26.3 Å². The van der Waals surface area contributed by atoms with Crippen molar-refractivity contribution in [2.75, 3.05) is 13.1 Å². The van der Waals surface area contributed by atoms with Crippen LogP contribution in [0.3, 0.4) is 0 Å². The zero-order chi connectivity index (χ0) is 30.9. The summed E-state index contributed by atoms with van der Waals surface area (Å²) in [6, 6.07) is 10.2. The van der Waals surface area contributed by atoms with Crippen molar-refractivity contribution in [3.63, 3.8) is 0 Å². The Morgan fingerprint density at radius 1 is 0.950 bits per heavy atom. The van der Waals surface area contributed by atoms with Gasteiger partial charge in [-0.05, 0) is 35.4 Å². The third-order valence-electron chi connectivity index (χ3n) is 4.35. The van der Waals surface area contributed by atoms with Gasteiger partial charge in [-0.15, -0.1) is 0 Å². The number of benzene rings is 1. The van der Waals surface area contributed by atoms with Gasteiger partial charge in [-0.3, -0.25) is 4.79 Å². The molecule has 0 unspecified atom stereocenters. The van der Waals surface area contributed by atoms with Gasteiger partial charge >= 0.3 is 24.3 Å². The first-order chi connectivity index (χ1) is 18.3. The molecule has 0 atom stereocenters. The Morgan fingerprint density at radius 2 is 1.45 bits per heavy atom. The Labute approximate surface area is 221 Å². The molecular weight excluding hydrogens is 580 g/mol. The van der Waals surface area contributed by atoms with E-state index in [4.69, 9.17) is 31.3 Å². The third kappa shape index (κ3) is 10.5. The molecule has 2 heterocycles. The largest absolute Gasteiger partial charge is 0.490 e. The number of carbonyl (C=O) groups is 3. The first-order valence-corrected chi connectivity index (χ1v) is 11.9. The number of hydrogen-bond donors (Lipinski definition) is 6. The summed E-state index contributed by atoms with van der Waals surface area (Å²) in [7, 11) is -3.57. The predicted molar refractivity (Wildman–Crippen MR) is 126 cm³/mol. The van der Waals surface area contributed by atoms with Gasteiger partial charge in [0.25, 0.3) is 0 Å². The summed E-state index contributed by atoms with van der Waals surface area (Å²) < 4.78 is 90.2. The van der Waals surface area contributed by atoms with Crippen LogP contribution in [0, 0.1) is 0 Å². The highest BCUT2D eigenvalue weighted by atomic mass is 32.2. The molecule has 3 aromatic rings. The van der Waals surface area contributed by atoms with E-state index >= 15 is 0 Å². The number of alkyl halides is 6. The number of amides is 1. The van der Waals surface area contributed by atoms with Crippen molar-refractivity contribution in [3.05, 3.63) is 48.3 Å². The molecule has 8 N–H and O–H groups in total. The Kier molecular flexibility index (Phi) is 11.6. The standard InChI is InChI=1S/C17H19N5O3S.2C2HF3O2/c18-6-8-21-26(24,25)13-3-1-11(2-4-13)14-5-7-20-17-15(14)9-12(22-17)10-16(19)23;2*3-2(4,5)1(6)7/h1-5,7,9,21H,6,8,10,18H2,(H2,19,23)(H,20,22);2*(H,6,7). The average Bonchev–Trinajstić information content (AvgIpc) is 3.24. The molecule has 0 spiro atoms. The van der Waals surface area contributed by atoms with E-state index in [1.165, 1.54) is 12.1 Å². The fourth-order valence-corrected chi connectivity index (χ4v) is 3.75. The monoisotopic (exact) mass is 601 g/mol. The topological polar surface area (TPSA) is 219 Å². The molecule has 2 aromatic heterocycles. The lowest BCUT2D eigenvalue weighted by Gasteiger charge is -2.07. The highest BCUT2D eigenvalue weighted by Crippen LogP contribution is 2.29. The Balaban J connectivity index is 0.000000473. The Morgan fingerprint density at radius 3 is 1.88 bits per heavy atom. The molecule has 1 aromatic carbocycles. The van der Waals surface area contributed by atoms with Crippen LogP contribution < -0.4 is 16.2 Å². The molecular formula is C21H21F6N5O7S. The maximum Gasteiger partial charge on any atom is 0.490 e. The second-order valence-corrected chi connectivity index (χ2v) is 9.14. The van der Waals surface area contributed by atoms with Crippen molar-refractivity contribution < 1.29 is 59.4 Å². The minimum atomic E-state index is -5.08. The van der Waals surface area contributed by atoms with E-state index in [1.807, 2.05) is 12.1 Å². The molecule has 19 heteroatoms. The minimum absolute atomic E-state index is 0.0970. The van der Waals surface area contributed by atoms with Crippen LogP contribution in [-0.2, 0) is 30.8 Å². The molecule has 0 fully saturated rings.